The SMILES string of the molecule is C[C@H]1C[C@@]2(C)[C@@H](CC[C@H]3[C@@H]2CC[C@]2(C)[C@@H](O)CC[C@@H]32)CC1=N/N=C1\C[C@@H]2CC[C@H]3[C@H]4CC[C@H](O)[C@@]4(C)CC[C@@H]3[C@@]2(C)C[C@@H]1C. The van der Waals surface area contributed by atoms with Crippen LogP contribution in [0.2, 0.25) is 0 Å². The lowest BCUT2D eigenvalue weighted by Gasteiger charge is -2.61. The van der Waals surface area contributed by atoms with Gasteiger partial charge in [-0.2, -0.15) is 10.2 Å². The Kier molecular flexibility index (Phi) is 7.21. The lowest BCUT2D eigenvalue weighted by atomic mass is 9.44. The van der Waals surface area contributed by atoms with Gasteiger partial charge in [0.1, 0.15) is 0 Å². The van der Waals surface area contributed by atoms with Gasteiger partial charge in [-0.3, -0.25) is 0 Å². The molecule has 0 aromatic rings. The van der Waals surface area contributed by atoms with Crippen LogP contribution in [0, 0.1) is 80.8 Å². The van der Waals surface area contributed by atoms with Gasteiger partial charge in [0.15, 0.2) is 0 Å². The highest BCUT2D eigenvalue weighted by Gasteiger charge is 2.62. The van der Waals surface area contributed by atoms with Crippen LogP contribution in [-0.4, -0.2) is 33.8 Å². The van der Waals surface area contributed by atoms with E-state index < -0.39 is 0 Å². The second-order valence-electron chi connectivity index (χ2n) is 19.4. The van der Waals surface area contributed by atoms with Gasteiger partial charge in [-0.25, -0.2) is 0 Å². The summed E-state index contributed by atoms with van der Waals surface area (Å²) in [5.41, 5.74) is 3.99. The molecule has 0 aliphatic heterocycles. The zero-order valence-electron chi connectivity index (χ0n) is 29.0. The molecule has 0 spiro atoms. The Morgan fingerprint density at radius 1 is 0.500 bits per heavy atom. The molecule has 246 valence electrons. The molecule has 8 rings (SSSR count). The Labute approximate surface area is 268 Å². The quantitative estimate of drug-likeness (QED) is 0.293. The second-order valence-corrected chi connectivity index (χ2v) is 19.4. The van der Waals surface area contributed by atoms with Crippen LogP contribution in [-0.2, 0) is 0 Å². The molecule has 4 nitrogen and oxygen atoms in total. The topological polar surface area (TPSA) is 65.2 Å². The molecule has 8 aliphatic carbocycles. The Hall–Kier alpha value is -0.740. The zero-order chi connectivity index (χ0) is 30.8. The van der Waals surface area contributed by atoms with E-state index in [4.69, 9.17) is 10.2 Å². The van der Waals surface area contributed by atoms with Crippen molar-refractivity contribution in [2.75, 3.05) is 0 Å². The number of rotatable bonds is 1. The van der Waals surface area contributed by atoms with Crippen LogP contribution in [0.5, 0.6) is 0 Å². The Morgan fingerprint density at radius 2 is 0.886 bits per heavy atom. The predicted octanol–water partition coefficient (Wildman–Crippen LogP) is 9.08. The average Bonchev–Trinajstić information content (AvgIpc) is 3.46. The van der Waals surface area contributed by atoms with E-state index in [1.54, 1.807) is 0 Å². The highest BCUT2D eigenvalue weighted by Crippen LogP contribution is 2.68. The molecule has 0 radical (unpaired) electrons. The van der Waals surface area contributed by atoms with Crippen molar-refractivity contribution in [3.8, 4) is 0 Å². The Bertz CT molecular complexity index is 1120. The van der Waals surface area contributed by atoms with Gasteiger partial charge in [-0.05, 0) is 184 Å². The molecule has 0 aromatic carbocycles. The van der Waals surface area contributed by atoms with Gasteiger partial charge >= 0.3 is 0 Å². The highest BCUT2D eigenvalue weighted by molar-refractivity contribution is 5.91. The second kappa shape index (κ2) is 10.4. The molecular weight excluding hydrogens is 540 g/mol. The molecule has 44 heavy (non-hydrogen) atoms. The fourth-order valence-electron chi connectivity index (χ4n) is 15.2. The Balaban J connectivity index is 0.970. The number of aliphatic hydroxyl groups excluding tert-OH is 2. The van der Waals surface area contributed by atoms with Crippen molar-refractivity contribution >= 4 is 11.4 Å². The minimum absolute atomic E-state index is 0.0722. The third-order valence-corrected chi connectivity index (χ3v) is 17.9. The van der Waals surface area contributed by atoms with Crippen molar-refractivity contribution in [1.82, 2.24) is 0 Å². The maximum atomic E-state index is 10.9. The lowest BCUT2D eigenvalue weighted by molar-refractivity contribution is -0.116. The van der Waals surface area contributed by atoms with Gasteiger partial charge in [0.05, 0.1) is 12.2 Å². The van der Waals surface area contributed by atoms with Crippen LogP contribution in [0.4, 0.5) is 0 Å². The van der Waals surface area contributed by atoms with Gasteiger partial charge in [0.2, 0.25) is 0 Å². The van der Waals surface area contributed by atoms with Crippen LogP contribution in [0.3, 0.4) is 0 Å². The molecule has 0 amide bonds. The van der Waals surface area contributed by atoms with Crippen molar-refractivity contribution in [1.29, 1.82) is 0 Å². The molecular formula is C40H64N2O2. The standard InChI is InChI=1S/C40H64N2O2/c1-23-21-39(5)25(7-9-27-29-11-13-35(43)37(29,3)17-15-31(27)39)19-33(23)41-42-34-20-26-8-10-28-30-12-14-36(44)38(30,4)18-16-32(28)40(26,6)22-24(34)2/h23-32,35-36,43-44H,7-22H2,1-6H3/b41-33+,42-34?/t23-,24-,25-,26-,27-,28+,29+,30-,31-,32-,35-,36-,37-,38-,39-,40-/m0/s1. The first-order valence-corrected chi connectivity index (χ1v) is 19.4. The zero-order valence-corrected chi connectivity index (χ0v) is 29.0. The van der Waals surface area contributed by atoms with E-state index in [0.29, 0.717) is 22.7 Å². The fourth-order valence-corrected chi connectivity index (χ4v) is 15.2. The molecule has 0 aromatic heterocycles. The molecule has 0 heterocycles. The third kappa shape index (κ3) is 4.20. The van der Waals surface area contributed by atoms with Crippen LogP contribution in [0.15, 0.2) is 10.2 Å². The molecule has 0 saturated heterocycles. The maximum absolute atomic E-state index is 10.9. The summed E-state index contributed by atoms with van der Waals surface area (Å²) >= 11 is 0. The summed E-state index contributed by atoms with van der Waals surface area (Å²) in [4.78, 5) is 0. The van der Waals surface area contributed by atoms with Gasteiger partial charge in [-0.1, -0.05) is 41.5 Å². The Morgan fingerprint density at radius 3 is 1.30 bits per heavy atom. The van der Waals surface area contributed by atoms with E-state index in [9.17, 15) is 10.2 Å². The molecule has 8 saturated carbocycles. The molecule has 8 aliphatic rings. The van der Waals surface area contributed by atoms with Crippen molar-refractivity contribution in [2.45, 2.75) is 156 Å². The molecule has 0 bridgehead atoms. The van der Waals surface area contributed by atoms with Crippen LogP contribution in [0.25, 0.3) is 0 Å². The normalized spacial score (nSPS) is 60.2. The van der Waals surface area contributed by atoms with E-state index in [1.807, 2.05) is 0 Å². The van der Waals surface area contributed by atoms with E-state index in [-0.39, 0.29) is 23.0 Å². The van der Waals surface area contributed by atoms with Gasteiger partial charge in [0, 0.05) is 11.4 Å². The molecule has 8 fully saturated rings. The summed E-state index contributed by atoms with van der Waals surface area (Å²) in [6, 6.07) is 0. The van der Waals surface area contributed by atoms with Gasteiger partial charge in [0.25, 0.3) is 0 Å². The number of nitrogens with zero attached hydrogens (tertiary/aromatic N) is 2. The van der Waals surface area contributed by atoms with Gasteiger partial charge < -0.3 is 10.2 Å². The van der Waals surface area contributed by atoms with Crippen molar-refractivity contribution in [2.24, 2.45) is 91.0 Å². The summed E-state index contributed by atoms with van der Waals surface area (Å²) in [5.74, 6) is 7.34. The van der Waals surface area contributed by atoms with Crippen molar-refractivity contribution < 1.29 is 10.2 Å². The maximum Gasteiger partial charge on any atom is 0.0596 e. The first-order chi connectivity index (χ1) is 20.9. The minimum atomic E-state index is -0.0722. The molecule has 2 N–H and O–H groups in total. The third-order valence-electron chi connectivity index (χ3n) is 17.9. The average molecular weight is 605 g/mol. The smallest absolute Gasteiger partial charge is 0.0596 e. The largest absolute Gasteiger partial charge is 0.393 e. The number of hydrogen-bond acceptors (Lipinski definition) is 4. The number of hydrogen-bond donors (Lipinski definition) is 2. The lowest BCUT2D eigenvalue weighted by Crippen LogP contribution is -2.55. The van der Waals surface area contributed by atoms with Crippen molar-refractivity contribution in [3.63, 3.8) is 0 Å². The van der Waals surface area contributed by atoms with E-state index in [2.05, 4.69) is 41.5 Å². The summed E-state index contributed by atoms with van der Waals surface area (Å²) in [5, 5.41) is 32.1. The summed E-state index contributed by atoms with van der Waals surface area (Å²) in [7, 11) is 0. The minimum Gasteiger partial charge on any atom is -0.393 e. The first-order valence-electron chi connectivity index (χ1n) is 19.4. The predicted molar refractivity (Wildman–Crippen MR) is 179 cm³/mol. The number of fused-ring (bicyclic) bond motifs is 10. The summed E-state index contributed by atoms with van der Waals surface area (Å²) in [6.07, 6.45) is 19.8. The van der Waals surface area contributed by atoms with Crippen LogP contribution >= 0.6 is 0 Å². The fraction of sp³-hybridized carbons (Fsp3) is 0.950. The summed E-state index contributed by atoms with van der Waals surface area (Å²) < 4.78 is 0. The van der Waals surface area contributed by atoms with Crippen LogP contribution in [0.1, 0.15) is 144 Å². The number of aliphatic hydroxyl groups is 2. The monoisotopic (exact) mass is 604 g/mol. The first kappa shape index (κ1) is 30.6. The van der Waals surface area contributed by atoms with E-state index >= 15 is 0 Å². The molecule has 16 atom stereocenters. The molecule has 0 unspecified atom stereocenters. The summed E-state index contributed by atoms with van der Waals surface area (Å²) in [6.45, 7) is 15.1. The van der Waals surface area contributed by atoms with Gasteiger partial charge in [-0.15, -0.1) is 0 Å². The van der Waals surface area contributed by atoms with Crippen LogP contribution < -0.4 is 0 Å². The van der Waals surface area contributed by atoms with E-state index in [1.165, 1.54) is 88.5 Å². The molecule has 4 heteroatoms. The van der Waals surface area contributed by atoms with E-state index in [0.717, 1.165) is 73.0 Å². The highest BCUT2D eigenvalue weighted by atomic mass is 16.3. The van der Waals surface area contributed by atoms with Crippen molar-refractivity contribution in [3.05, 3.63) is 0 Å².